The van der Waals surface area contributed by atoms with Gasteiger partial charge >= 0.3 is 0 Å². The lowest BCUT2D eigenvalue weighted by atomic mass is 9.90. The molecule has 0 bridgehead atoms. The number of aromatic nitrogens is 2. The van der Waals surface area contributed by atoms with Crippen LogP contribution in [0, 0.1) is 11.7 Å². The molecule has 0 aliphatic carbocycles. The second-order valence-corrected chi connectivity index (χ2v) is 8.25. The van der Waals surface area contributed by atoms with Gasteiger partial charge in [0.2, 0.25) is 0 Å². The van der Waals surface area contributed by atoms with Gasteiger partial charge < -0.3 is 9.84 Å². The molecule has 0 amide bonds. The average molecular weight is 424 g/mol. The normalized spacial score (nSPS) is 16.4. The summed E-state index contributed by atoms with van der Waals surface area (Å²) in [6, 6.07) is 14.3. The molecule has 6 heteroatoms. The van der Waals surface area contributed by atoms with Crippen molar-refractivity contribution >= 4 is 0 Å². The minimum absolute atomic E-state index is 0.206. The maximum Gasteiger partial charge on any atom is 0.123 e. The van der Waals surface area contributed by atoms with E-state index in [1.54, 1.807) is 13.2 Å². The molecular weight excluding hydrogens is 393 g/mol. The molecule has 1 aliphatic heterocycles. The molecule has 1 saturated heterocycles. The molecule has 1 aliphatic rings. The molecule has 1 fully saturated rings. The van der Waals surface area contributed by atoms with Crippen molar-refractivity contribution in [2.45, 2.75) is 38.8 Å². The summed E-state index contributed by atoms with van der Waals surface area (Å²) in [5, 5.41) is 15.0. The molecule has 1 N–H and O–H groups in total. The molecular formula is C25H30FN3O2. The summed E-state index contributed by atoms with van der Waals surface area (Å²) in [5.74, 6) is 0.904. The maximum absolute atomic E-state index is 13.9. The number of halogens is 1. The quantitative estimate of drug-likeness (QED) is 0.600. The summed E-state index contributed by atoms with van der Waals surface area (Å²) in [6.45, 7) is 4.67. The topological polar surface area (TPSA) is 50.5 Å². The minimum atomic E-state index is -0.267. The number of piperidine rings is 1. The standard InChI is InChI=1S/C25H30FN3O2/c1-3-24(30)18-11-13-28(14-12-18)16-20-17-29(22-7-9-23(31-2)10-8-22)27-25(20)19-5-4-6-21(26)15-19/h4-10,15,17-18,24,30H,3,11-14,16H2,1-2H3/t24-/m0/s1. The van der Waals surface area contributed by atoms with Crippen LogP contribution < -0.4 is 4.74 Å². The third kappa shape index (κ3) is 4.97. The summed E-state index contributed by atoms with van der Waals surface area (Å²) in [6.07, 6.45) is 4.63. The molecule has 1 atom stereocenters. The van der Waals surface area contributed by atoms with Crippen molar-refractivity contribution in [3.05, 3.63) is 66.1 Å². The van der Waals surface area contributed by atoms with Gasteiger partial charge in [-0.25, -0.2) is 9.07 Å². The molecule has 31 heavy (non-hydrogen) atoms. The molecule has 0 radical (unpaired) electrons. The Labute approximate surface area is 183 Å². The van der Waals surface area contributed by atoms with Crippen LogP contribution in [0.25, 0.3) is 16.9 Å². The predicted octanol–water partition coefficient (Wildman–Crippen LogP) is 4.67. The van der Waals surface area contributed by atoms with E-state index in [0.29, 0.717) is 5.92 Å². The Hall–Kier alpha value is -2.70. The van der Waals surface area contributed by atoms with Gasteiger partial charge in [-0.2, -0.15) is 5.10 Å². The molecule has 0 unspecified atom stereocenters. The van der Waals surface area contributed by atoms with Gasteiger partial charge in [-0.3, -0.25) is 4.90 Å². The van der Waals surface area contributed by atoms with Crippen LogP contribution in [0.5, 0.6) is 5.75 Å². The highest BCUT2D eigenvalue weighted by atomic mass is 19.1. The van der Waals surface area contributed by atoms with E-state index in [0.717, 1.165) is 67.2 Å². The Morgan fingerprint density at radius 3 is 2.55 bits per heavy atom. The van der Waals surface area contributed by atoms with Crippen molar-refractivity contribution in [2.75, 3.05) is 20.2 Å². The third-order valence-corrected chi connectivity index (χ3v) is 6.21. The van der Waals surface area contributed by atoms with Gasteiger partial charge in [-0.15, -0.1) is 0 Å². The van der Waals surface area contributed by atoms with Crippen LogP contribution in [0.4, 0.5) is 4.39 Å². The van der Waals surface area contributed by atoms with E-state index in [1.807, 2.05) is 48.1 Å². The van der Waals surface area contributed by atoms with Crippen LogP contribution in [0.15, 0.2) is 54.7 Å². The number of rotatable bonds is 7. The molecule has 0 saturated carbocycles. The van der Waals surface area contributed by atoms with Gasteiger partial charge in [0, 0.05) is 23.9 Å². The van der Waals surface area contributed by atoms with Crippen molar-refractivity contribution < 1.29 is 14.2 Å². The van der Waals surface area contributed by atoms with Crippen molar-refractivity contribution in [1.29, 1.82) is 0 Å². The number of likely N-dealkylation sites (tertiary alicyclic amines) is 1. The van der Waals surface area contributed by atoms with Crippen molar-refractivity contribution in [3.8, 4) is 22.7 Å². The van der Waals surface area contributed by atoms with Crippen LogP contribution in [-0.4, -0.2) is 46.1 Å². The van der Waals surface area contributed by atoms with E-state index >= 15 is 0 Å². The summed E-state index contributed by atoms with van der Waals surface area (Å²) in [7, 11) is 1.64. The number of methoxy groups -OCH3 is 1. The van der Waals surface area contributed by atoms with Crippen molar-refractivity contribution in [1.82, 2.24) is 14.7 Å². The van der Waals surface area contributed by atoms with E-state index in [9.17, 15) is 9.50 Å². The van der Waals surface area contributed by atoms with Gasteiger partial charge in [-0.1, -0.05) is 19.1 Å². The van der Waals surface area contributed by atoms with Crippen LogP contribution >= 0.6 is 0 Å². The first-order valence-electron chi connectivity index (χ1n) is 11.0. The van der Waals surface area contributed by atoms with Gasteiger partial charge in [0.15, 0.2) is 0 Å². The Kier molecular flexibility index (Phi) is 6.68. The fourth-order valence-electron chi connectivity index (χ4n) is 4.34. The highest BCUT2D eigenvalue weighted by Crippen LogP contribution is 2.29. The second-order valence-electron chi connectivity index (χ2n) is 8.25. The molecule has 1 aromatic heterocycles. The van der Waals surface area contributed by atoms with Crippen LogP contribution in [0.2, 0.25) is 0 Å². The first-order valence-corrected chi connectivity index (χ1v) is 11.0. The Morgan fingerprint density at radius 1 is 1.16 bits per heavy atom. The zero-order chi connectivity index (χ0) is 21.8. The fraction of sp³-hybridized carbons (Fsp3) is 0.400. The Morgan fingerprint density at radius 2 is 1.90 bits per heavy atom. The first-order chi connectivity index (χ1) is 15.1. The number of nitrogens with zero attached hydrogens (tertiary/aromatic N) is 3. The predicted molar refractivity (Wildman–Crippen MR) is 120 cm³/mol. The number of hydrogen-bond donors (Lipinski definition) is 1. The monoisotopic (exact) mass is 423 g/mol. The summed E-state index contributed by atoms with van der Waals surface area (Å²) >= 11 is 0. The van der Waals surface area contributed by atoms with E-state index < -0.39 is 0 Å². The largest absolute Gasteiger partial charge is 0.497 e. The van der Waals surface area contributed by atoms with Gasteiger partial charge in [0.1, 0.15) is 11.6 Å². The second kappa shape index (κ2) is 9.62. The van der Waals surface area contributed by atoms with Crippen LogP contribution in [0.3, 0.4) is 0 Å². The SMILES string of the molecule is CC[C@H](O)C1CCN(Cc2cn(-c3ccc(OC)cc3)nc2-c2cccc(F)c2)CC1. The Bertz CT molecular complexity index is 994. The van der Waals surface area contributed by atoms with Gasteiger partial charge in [0.25, 0.3) is 0 Å². The maximum atomic E-state index is 13.9. The van der Waals surface area contributed by atoms with Crippen LogP contribution in [0.1, 0.15) is 31.7 Å². The average Bonchev–Trinajstić information content (AvgIpc) is 3.23. The lowest BCUT2D eigenvalue weighted by Gasteiger charge is -2.33. The lowest BCUT2D eigenvalue weighted by molar-refractivity contribution is 0.0550. The highest BCUT2D eigenvalue weighted by Gasteiger charge is 2.25. The first kappa shape index (κ1) is 21.5. The third-order valence-electron chi connectivity index (χ3n) is 6.21. The summed E-state index contributed by atoms with van der Waals surface area (Å²) in [4.78, 5) is 2.40. The number of benzene rings is 2. The van der Waals surface area contributed by atoms with E-state index in [1.165, 1.54) is 12.1 Å². The zero-order valence-electron chi connectivity index (χ0n) is 18.2. The smallest absolute Gasteiger partial charge is 0.123 e. The van der Waals surface area contributed by atoms with E-state index in [2.05, 4.69) is 4.90 Å². The fourth-order valence-corrected chi connectivity index (χ4v) is 4.34. The molecule has 4 rings (SSSR count). The van der Waals surface area contributed by atoms with Crippen molar-refractivity contribution in [2.24, 2.45) is 5.92 Å². The molecule has 164 valence electrons. The lowest BCUT2D eigenvalue weighted by Crippen LogP contribution is -2.37. The van der Waals surface area contributed by atoms with E-state index in [4.69, 9.17) is 9.84 Å². The van der Waals surface area contributed by atoms with Crippen molar-refractivity contribution in [3.63, 3.8) is 0 Å². The highest BCUT2D eigenvalue weighted by molar-refractivity contribution is 5.63. The minimum Gasteiger partial charge on any atom is -0.497 e. The molecule has 5 nitrogen and oxygen atoms in total. The summed E-state index contributed by atoms with van der Waals surface area (Å²) in [5.41, 5.74) is 3.56. The molecule has 2 aromatic carbocycles. The number of aliphatic hydroxyl groups excluding tert-OH is 1. The number of aliphatic hydroxyl groups is 1. The number of hydrogen-bond acceptors (Lipinski definition) is 4. The van der Waals surface area contributed by atoms with Crippen LogP contribution in [-0.2, 0) is 6.54 Å². The Balaban J connectivity index is 1.60. The number of ether oxygens (including phenoxy) is 1. The molecule has 0 spiro atoms. The summed E-state index contributed by atoms with van der Waals surface area (Å²) < 4.78 is 21.0. The van der Waals surface area contributed by atoms with E-state index in [-0.39, 0.29) is 11.9 Å². The van der Waals surface area contributed by atoms with Gasteiger partial charge in [0.05, 0.1) is 24.6 Å². The molecule has 3 aromatic rings. The zero-order valence-corrected chi connectivity index (χ0v) is 18.2. The molecule has 2 heterocycles. The van der Waals surface area contributed by atoms with Gasteiger partial charge in [-0.05, 0) is 74.7 Å².